The Kier molecular flexibility index (Phi) is 6.21. The molecule has 0 heterocycles. The summed E-state index contributed by atoms with van der Waals surface area (Å²) in [5.41, 5.74) is 2.10. The van der Waals surface area contributed by atoms with Gasteiger partial charge in [-0.25, -0.2) is 0 Å². The zero-order valence-corrected chi connectivity index (χ0v) is 13.8. The fourth-order valence-corrected chi connectivity index (χ4v) is 2.39. The first-order valence-electron chi connectivity index (χ1n) is 7.67. The zero-order chi connectivity index (χ0) is 17.4. The van der Waals surface area contributed by atoms with Crippen LogP contribution in [0.4, 0.5) is 5.69 Å². The van der Waals surface area contributed by atoms with E-state index in [4.69, 9.17) is 14.7 Å². The molecule has 0 aromatic heterocycles. The smallest absolute Gasteiger partial charge is 0.224 e. The Morgan fingerprint density at radius 2 is 1.88 bits per heavy atom. The van der Waals surface area contributed by atoms with Gasteiger partial charge in [0.25, 0.3) is 0 Å². The summed E-state index contributed by atoms with van der Waals surface area (Å²) in [6.07, 6.45) is 1.85. The molecule has 0 spiro atoms. The number of nitriles is 1. The van der Waals surface area contributed by atoms with Crippen LogP contribution in [0.25, 0.3) is 0 Å². The normalized spacial score (nSPS) is 9.88. The first-order valence-corrected chi connectivity index (χ1v) is 7.67. The highest BCUT2D eigenvalue weighted by molar-refractivity contribution is 5.92. The van der Waals surface area contributed by atoms with Crippen molar-refractivity contribution in [3.05, 3.63) is 53.6 Å². The van der Waals surface area contributed by atoms with Crippen molar-refractivity contribution < 1.29 is 14.3 Å². The third kappa shape index (κ3) is 4.50. The number of nitrogens with one attached hydrogen (secondary N) is 1. The van der Waals surface area contributed by atoms with Crippen LogP contribution in [0.2, 0.25) is 0 Å². The van der Waals surface area contributed by atoms with Crippen molar-refractivity contribution in [2.24, 2.45) is 0 Å². The summed E-state index contributed by atoms with van der Waals surface area (Å²) in [5.74, 6) is 1.27. The summed E-state index contributed by atoms with van der Waals surface area (Å²) in [6, 6.07) is 14.8. The molecule has 2 aromatic carbocycles. The molecular weight excluding hydrogens is 304 g/mol. The second-order valence-corrected chi connectivity index (χ2v) is 5.25. The Morgan fingerprint density at radius 3 is 2.58 bits per heavy atom. The highest BCUT2D eigenvalue weighted by Crippen LogP contribution is 2.28. The number of aryl methyl sites for hydroxylation is 1. The molecule has 0 saturated heterocycles. The Bertz CT molecular complexity index is 751. The number of carbonyl (C=O) groups is 1. The van der Waals surface area contributed by atoms with Crippen molar-refractivity contribution in [2.45, 2.75) is 19.3 Å². The molecule has 1 amide bonds. The molecule has 2 rings (SSSR count). The van der Waals surface area contributed by atoms with Gasteiger partial charge in [0.2, 0.25) is 5.91 Å². The number of methoxy groups -OCH3 is 2. The molecule has 1 N–H and O–H groups in total. The molecule has 2 aromatic rings. The van der Waals surface area contributed by atoms with E-state index in [-0.39, 0.29) is 5.91 Å². The van der Waals surface area contributed by atoms with Crippen molar-refractivity contribution in [1.29, 1.82) is 5.26 Å². The molecule has 0 aliphatic rings. The van der Waals surface area contributed by atoms with Crippen molar-refractivity contribution in [3.8, 4) is 17.6 Å². The molecule has 0 radical (unpaired) electrons. The number of carbonyl (C=O) groups excluding carboxylic acids is 1. The molecule has 0 atom stereocenters. The van der Waals surface area contributed by atoms with Crippen LogP contribution in [0.15, 0.2) is 42.5 Å². The van der Waals surface area contributed by atoms with Gasteiger partial charge in [0.15, 0.2) is 11.5 Å². The van der Waals surface area contributed by atoms with Crippen LogP contribution in [0.3, 0.4) is 0 Å². The molecule has 0 bridgehead atoms. The van der Waals surface area contributed by atoms with Gasteiger partial charge in [0.1, 0.15) is 6.07 Å². The van der Waals surface area contributed by atoms with Crippen molar-refractivity contribution in [3.63, 3.8) is 0 Å². The largest absolute Gasteiger partial charge is 0.493 e. The maximum absolute atomic E-state index is 12.0. The Hall–Kier alpha value is -3.00. The van der Waals surface area contributed by atoms with Crippen molar-refractivity contribution >= 4 is 11.6 Å². The predicted octanol–water partition coefficient (Wildman–Crippen LogP) is 3.54. The lowest BCUT2D eigenvalue weighted by atomic mass is 10.1. The van der Waals surface area contributed by atoms with E-state index in [1.54, 1.807) is 38.5 Å². The number of amides is 1. The van der Waals surface area contributed by atoms with Gasteiger partial charge in [-0.2, -0.15) is 5.26 Å². The van der Waals surface area contributed by atoms with E-state index in [0.717, 1.165) is 12.0 Å². The summed E-state index contributed by atoms with van der Waals surface area (Å²) < 4.78 is 10.5. The Morgan fingerprint density at radius 1 is 1.12 bits per heavy atom. The van der Waals surface area contributed by atoms with E-state index in [9.17, 15) is 4.79 Å². The lowest BCUT2D eigenvalue weighted by Crippen LogP contribution is -2.12. The molecule has 124 valence electrons. The molecule has 0 aliphatic carbocycles. The molecule has 24 heavy (non-hydrogen) atoms. The lowest BCUT2D eigenvalue weighted by molar-refractivity contribution is -0.116. The molecule has 5 nitrogen and oxygen atoms in total. The number of anilines is 1. The first-order chi connectivity index (χ1) is 11.7. The summed E-state index contributed by atoms with van der Waals surface area (Å²) in [4.78, 5) is 12.0. The summed E-state index contributed by atoms with van der Waals surface area (Å²) in [5, 5.41) is 11.8. The minimum absolute atomic E-state index is 0.0989. The molecule has 0 aliphatic heterocycles. The Balaban J connectivity index is 1.88. The second kappa shape index (κ2) is 8.59. The minimum atomic E-state index is -0.0989. The van der Waals surface area contributed by atoms with Crippen molar-refractivity contribution in [2.75, 3.05) is 19.5 Å². The van der Waals surface area contributed by atoms with Crippen LogP contribution in [-0.2, 0) is 11.2 Å². The number of ether oxygens (including phenoxy) is 2. The lowest BCUT2D eigenvalue weighted by Gasteiger charge is -2.10. The molecule has 0 saturated carbocycles. The van der Waals surface area contributed by atoms with E-state index in [1.165, 1.54) is 0 Å². The minimum Gasteiger partial charge on any atom is -0.493 e. The number of benzene rings is 2. The first kappa shape index (κ1) is 17.4. The number of hydrogen-bond donors (Lipinski definition) is 1. The predicted molar refractivity (Wildman–Crippen MR) is 92.3 cm³/mol. The average Bonchev–Trinajstić information content (AvgIpc) is 2.62. The van der Waals surface area contributed by atoms with Crippen LogP contribution in [0.1, 0.15) is 24.0 Å². The van der Waals surface area contributed by atoms with E-state index < -0.39 is 0 Å². The highest BCUT2D eigenvalue weighted by Gasteiger charge is 2.08. The standard InChI is InChI=1S/C19H20N2O3/c1-23-17-11-10-14(12-18(17)24-2)6-5-9-19(22)21-16-8-4-3-7-15(16)13-20/h3-4,7-8,10-12H,5-6,9H2,1-2H3,(H,21,22). The van der Waals surface area contributed by atoms with Gasteiger partial charge in [-0.15, -0.1) is 0 Å². The van der Waals surface area contributed by atoms with E-state index in [1.807, 2.05) is 18.2 Å². The number of para-hydroxylation sites is 1. The van der Waals surface area contributed by atoms with Gasteiger partial charge >= 0.3 is 0 Å². The third-order valence-electron chi connectivity index (χ3n) is 3.64. The van der Waals surface area contributed by atoms with Gasteiger partial charge in [-0.05, 0) is 42.7 Å². The van der Waals surface area contributed by atoms with Gasteiger partial charge in [0.05, 0.1) is 25.5 Å². The molecule has 0 fully saturated rings. The van der Waals surface area contributed by atoms with Gasteiger partial charge < -0.3 is 14.8 Å². The molecular formula is C19H20N2O3. The Labute approximate surface area is 141 Å². The van der Waals surface area contributed by atoms with Crippen LogP contribution >= 0.6 is 0 Å². The quantitative estimate of drug-likeness (QED) is 0.845. The summed E-state index contributed by atoms with van der Waals surface area (Å²) in [6.45, 7) is 0. The third-order valence-corrected chi connectivity index (χ3v) is 3.64. The van der Waals surface area contributed by atoms with Crippen LogP contribution < -0.4 is 14.8 Å². The van der Waals surface area contributed by atoms with Crippen LogP contribution in [0, 0.1) is 11.3 Å². The fourth-order valence-electron chi connectivity index (χ4n) is 2.39. The van der Waals surface area contributed by atoms with E-state index >= 15 is 0 Å². The monoisotopic (exact) mass is 324 g/mol. The molecule has 0 unspecified atom stereocenters. The van der Waals surface area contributed by atoms with E-state index in [2.05, 4.69) is 11.4 Å². The maximum Gasteiger partial charge on any atom is 0.224 e. The number of rotatable bonds is 7. The highest BCUT2D eigenvalue weighted by atomic mass is 16.5. The van der Waals surface area contributed by atoms with Gasteiger partial charge in [0, 0.05) is 6.42 Å². The van der Waals surface area contributed by atoms with E-state index in [0.29, 0.717) is 35.6 Å². The zero-order valence-electron chi connectivity index (χ0n) is 13.8. The summed E-state index contributed by atoms with van der Waals surface area (Å²) >= 11 is 0. The van der Waals surface area contributed by atoms with Gasteiger partial charge in [-0.3, -0.25) is 4.79 Å². The fraction of sp³-hybridized carbons (Fsp3) is 0.263. The molecule has 5 heteroatoms. The van der Waals surface area contributed by atoms with Crippen LogP contribution in [0.5, 0.6) is 11.5 Å². The second-order valence-electron chi connectivity index (χ2n) is 5.25. The maximum atomic E-state index is 12.0. The number of nitrogens with zero attached hydrogens (tertiary/aromatic N) is 1. The van der Waals surface area contributed by atoms with Crippen molar-refractivity contribution in [1.82, 2.24) is 0 Å². The topological polar surface area (TPSA) is 71.3 Å². The SMILES string of the molecule is COc1ccc(CCCC(=O)Nc2ccccc2C#N)cc1OC. The number of hydrogen-bond acceptors (Lipinski definition) is 4. The summed E-state index contributed by atoms with van der Waals surface area (Å²) in [7, 11) is 3.20. The van der Waals surface area contributed by atoms with Gasteiger partial charge in [-0.1, -0.05) is 18.2 Å². The average molecular weight is 324 g/mol. The van der Waals surface area contributed by atoms with Crippen LogP contribution in [-0.4, -0.2) is 20.1 Å².